The molecule has 0 saturated carbocycles. The van der Waals surface area contributed by atoms with Crippen molar-refractivity contribution >= 4 is 34.6 Å². The molecule has 0 radical (unpaired) electrons. The van der Waals surface area contributed by atoms with Crippen LogP contribution in [0.3, 0.4) is 0 Å². The van der Waals surface area contributed by atoms with E-state index in [0.29, 0.717) is 6.54 Å². The summed E-state index contributed by atoms with van der Waals surface area (Å²) in [5.74, 6) is -0.0791. The first-order valence-corrected chi connectivity index (χ1v) is 11.6. The molecule has 0 saturated heterocycles. The number of aryl methyl sites for hydroxylation is 4. The third-order valence-electron chi connectivity index (χ3n) is 6.33. The molecule has 0 spiro atoms. The average Bonchev–Trinajstić information content (AvgIpc) is 2.72. The van der Waals surface area contributed by atoms with Crippen molar-refractivity contribution < 1.29 is 14.1 Å². The van der Waals surface area contributed by atoms with Gasteiger partial charge in [0, 0.05) is 18.3 Å². The topological polar surface area (TPSA) is 82.9 Å². The molecule has 2 aromatic rings. The quantitative estimate of drug-likeness (QED) is 0.355. The number of hydrogen-bond donors (Lipinski definition) is 2. The summed E-state index contributed by atoms with van der Waals surface area (Å²) < 4.78 is 0.773. The number of benzene rings is 2. The summed E-state index contributed by atoms with van der Waals surface area (Å²) in [6.45, 7) is 19.0. The first-order valence-electron chi connectivity index (χ1n) is 11.6. The Hall–Kier alpha value is -3.06. The molecule has 0 aliphatic rings. The largest absolute Gasteiger partial charge is 0.326 e. The van der Waals surface area contributed by atoms with Gasteiger partial charge in [-0.15, -0.1) is 10.2 Å². The first-order chi connectivity index (χ1) is 15.5. The number of quaternary nitrogens is 1. The molecular weight excluding hydrogens is 414 g/mol. The zero-order chi connectivity index (χ0) is 24.8. The number of rotatable bonds is 9. The summed E-state index contributed by atoms with van der Waals surface area (Å²) in [4.78, 5) is 24.0. The molecule has 2 rings (SSSR count). The number of carbonyl (C=O) groups is 2. The molecule has 178 valence electrons. The fourth-order valence-electron chi connectivity index (χ4n) is 4.19. The maximum atomic E-state index is 12.7. The predicted molar refractivity (Wildman–Crippen MR) is 136 cm³/mol. The molecule has 0 unspecified atom stereocenters. The molecule has 2 aromatic carbocycles. The Morgan fingerprint density at radius 2 is 1.09 bits per heavy atom. The zero-order valence-electron chi connectivity index (χ0n) is 21.3. The number of carbonyl (C=O) groups excluding carboxylic acids is 2. The Labute approximate surface area is 197 Å². The molecule has 7 heteroatoms. The number of hydrogen-bond acceptors (Lipinski definition) is 4. The summed E-state index contributed by atoms with van der Waals surface area (Å²) in [6.07, 6.45) is 0. The molecular formula is C26H38N5O2+. The van der Waals surface area contributed by atoms with Gasteiger partial charge in [-0.2, -0.15) is 0 Å². The lowest BCUT2D eigenvalue weighted by Gasteiger charge is -2.34. The highest BCUT2D eigenvalue weighted by Gasteiger charge is 2.24. The minimum absolute atomic E-state index is 0.0271. The minimum atomic E-state index is -0.106. The van der Waals surface area contributed by atoms with Gasteiger partial charge in [0.15, 0.2) is 6.54 Å². The second kappa shape index (κ2) is 11.2. The van der Waals surface area contributed by atoms with Crippen molar-refractivity contribution in [3.05, 3.63) is 46.5 Å². The van der Waals surface area contributed by atoms with Crippen LogP contribution in [0.25, 0.3) is 0 Å². The highest BCUT2D eigenvalue weighted by molar-refractivity contribution is 5.92. The molecule has 0 aliphatic carbocycles. The molecule has 0 bridgehead atoms. The van der Waals surface area contributed by atoms with Crippen LogP contribution < -0.4 is 10.6 Å². The van der Waals surface area contributed by atoms with Crippen molar-refractivity contribution in [3.8, 4) is 0 Å². The summed E-state index contributed by atoms with van der Waals surface area (Å²) in [5, 5.41) is 14.9. The molecule has 33 heavy (non-hydrogen) atoms. The fourth-order valence-corrected chi connectivity index (χ4v) is 4.19. The number of likely N-dealkylation sites (N-methyl/N-ethyl adjacent to an activating group) is 1. The average molecular weight is 453 g/mol. The van der Waals surface area contributed by atoms with Crippen molar-refractivity contribution in [1.29, 1.82) is 0 Å². The third kappa shape index (κ3) is 6.71. The molecule has 0 aromatic heterocycles. The van der Waals surface area contributed by atoms with Crippen LogP contribution in [0, 0.1) is 27.7 Å². The number of nitrogens with one attached hydrogen (secondary N) is 2. The summed E-state index contributed by atoms with van der Waals surface area (Å²) in [5.41, 5.74) is 6.87. The molecule has 2 N–H and O–H groups in total. The SMILES string of the molecule is CC[N+](CC)(CC)CC(=O)Nc1cc(C)c(N=Nc2c(C)cc(NC(C)=O)cc2C)c(C)c1. The third-order valence-corrected chi connectivity index (χ3v) is 6.33. The molecule has 7 nitrogen and oxygen atoms in total. The van der Waals surface area contributed by atoms with E-state index in [4.69, 9.17) is 0 Å². The van der Waals surface area contributed by atoms with Gasteiger partial charge < -0.3 is 15.1 Å². The normalized spacial score (nSPS) is 11.6. The lowest BCUT2D eigenvalue weighted by atomic mass is 10.1. The van der Waals surface area contributed by atoms with E-state index in [-0.39, 0.29) is 11.8 Å². The van der Waals surface area contributed by atoms with Crippen molar-refractivity contribution in [2.45, 2.75) is 55.4 Å². The van der Waals surface area contributed by atoms with E-state index >= 15 is 0 Å². The fraction of sp³-hybridized carbons (Fsp3) is 0.462. The van der Waals surface area contributed by atoms with Gasteiger partial charge in [0.2, 0.25) is 5.91 Å². The van der Waals surface area contributed by atoms with Crippen LogP contribution >= 0.6 is 0 Å². The van der Waals surface area contributed by atoms with Gasteiger partial charge in [-0.05, 0) is 95.0 Å². The lowest BCUT2D eigenvalue weighted by molar-refractivity contribution is -0.915. The van der Waals surface area contributed by atoms with Crippen molar-refractivity contribution in [1.82, 2.24) is 0 Å². The van der Waals surface area contributed by atoms with Crippen molar-refractivity contribution in [2.75, 3.05) is 36.8 Å². The van der Waals surface area contributed by atoms with E-state index < -0.39 is 0 Å². The van der Waals surface area contributed by atoms with E-state index in [1.165, 1.54) is 6.92 Å². The summed E-state index contributed by atoms with van der Waals surface area (Å²) >= 11 is 0. The first kappa shape index (κ1) is 26.2. The molecule has 2 amide bonds. The van der Waals surface area contributed by atoms with Gasteiger partial charge in [0.05, 0.1) is 31.0 Å². The van der Waals surface area contributed by atoms with Crippen molar-refractivity contribution in [2.24, 2.45) is 10.2 Å². The summed E-state index contributed by atoms with van der Waals surface area (Å²) in [6, 6.07) is 7.67. The highest BCUT2D eigenvalue weighted by Crippen LogP contribution is 2.32. The monoisotopic (exact) mass is 452 g/mol. The lowest BCUT2D eigenvalue weighted by Crippen LogP contribution is -2.51. The van der Waals surface area contributed by atoms with Crippen molar-refractivity contribution in [3.63, 3.8) is 0 Å². The van der Waals surface area contributed by atoms with E-state index in [9.17, 15) is 9.59 Å². The van der Waals surface area contributed by atoms with E-state index in [2.05, 4.69) is 41.6 Å². The summed E-state index contributed by atoms with van der Waals surface area (Å²) in [7, 11) is 0. The maximum absolute atomic E-state index is 12.7. The number of amides is 2. The van der Waals surface area contributed by atoms with Crippen LogP contribution in [-0.4, -0.2) is 42.5 Å². The van der Waals surface area contributed by atoms with E-state index in [1.54, 1.807) is 0 Å². The smallest absolute Gasteiger partial charge is 0.279 e. The number of anilines is 2. The number of nitrogens with zero attached hydrogens (tertiary/aromatic N) is 3. The minimum Gasteiger partial charge on any atom is -0.326 e. The molecule has 0 heterocycles. The van der Waals surface area contributed by atoms with Gasteiger partial charge in [-0.25, -0.2) is 0 Å². The number of azo groups is 1. The zero-order valence-corrected chi connectivity index (χ0v) is 21.3. The van der Waals surface area contributed by atoms with Gasteiger partial charge in [-0.3, -0.25) is 9.59 Å². The molecule has 0 fully saturated rings. The van der Waals surface area contributed by atoms with Gasteiger partial charge in [0.25, 0.3) is 5.91 Å². The van der Waals surface area contributed by atoms with Gasteiger partial charge >= 0.3 is 0 Å². The van der Waals surface area contributed by atoms with E-state index in [0.717, 1.165) is 69.1 Å². The highest BCUT2D eigenvalue weighted by atomic mass is 16.2. The Bertz CT molecular complexity index is 1000. The van der Waals surface area contributed by atoms with Gasteiger partial charge in [-0.1, -0.05) is 0 Å². The second-order valence-corrected chi connectivity index (χ2v) is 8.80. The molecule has 0 atom stereocenters. The van der Waals surface area contributed by atoms with Crippen LogP contribution in [0.1, 0.15) is 49.9 Å². The van der Waals surface area contributed by atoms with Crippen LogP contribution in [0.2, 0.25) is 0 Å². The Kier molecular flexibility index (Phi) is 8.88. The maximum Gasteiger partial charge on any atom is 0.279 e. The predicted octanol–water partition coefficient (Wildman–Crippen LogP) is 6.11. The Morgan fingerprint density at radius 1 is 0.727 bits per heavy atom. The van der Waals surface area contributed by atoms with Crippen LogP contribution in [0.4, 0.5) is 22.7 Å². The van der Waals surface area contributed by atoms with Crippen LogP contribution in [-0.2, 0) is 9.59 Å². The standard InChI is InChI=1S/C26H37N5O2/c1-9-31(10-2,11-3)16-24(33)28-23-14-19(6)26(20(7)15-23)30-29-25-17(4)12-22(13-18(25)5)27-21(8)32/h12-15H,9-11,16H2,1-8H3,(H-,27,28,29,30,32,33)/p+1. The Balaban J connectivity index is 2.23. The second-order valence-electron chi connectivity index (χ2n) is 8.80. The van der Waals surface area contributed by atoms with Crippen LogP contribution in [0.5, 0.6) is 0 Å². The van der Waals surface area contributed by atoms with E-state index in [1.807, 2.05) is 52.0 Å². The molecule has 0 aliphatic heterocycles. The van der Waals surface area contributed by atoms with Gasteiger partial charge in [0.1, 0.15) is 0 Å². The Morgan fingerprint density at radius 3 is 1.42 bits per heavy atom. The van der Waals surface area contributed by atoms with Crippen LogP contribution in [0.15, 0.2) is 34.5 Å².